The Morgan fingerprint density at radius 1 is 1.00 bits per heavy atom. The summed E-state index contributed by atoms with van der Waals surface area (Å²) in [6.45, 7) is 1.11. The van der Waals surface area contributed by atoms with Crippen LogP contribution in [0.2, 0.25) is 0 Å². The first-order chi connectivity index (χ1) is 12.0. The average Bonchev–Trinajstić information content (AvgIpc) is 3.03. The van der Waals surface area contributed by atoms with Crippen LogP contribution in [0.4, 0.5) is 0 Å². The van der Waals surface area contributed by atoms with Gasteiger partial charge in [0.2, 0.25) is 0 Å². The standard InChI is InChI=1S/C20H23N3O2.ClH/c1-22(2)19(24)15-9-6-10-16(11-15)20(25)23-12-17(18(21)13-23)14-7-4-3-5-8-14;/h3-11,17-18H,12-13,21H2,1-2H3;1H/t17-,18+;/m0./s1. The molecule has 0 aliphatic carbocycles. The van der Waals surface area contributed by atoms with Gasteiger partial charge in [-0.05, 0) is 23.8 Å². The van der Waals surface area contributed by atoms with Crippen molar-refractivity contribution in [1.82, 2.24) is 9.80 Å². The van der Waals surface area contributed by atoms with Crippen LogP contribution in [0.15, 0.2) is 54.6 Å². The molecule has 0 unspecified atom stereocenters. The molecule has 0 bridgehead atoms. The zero-order valence-electron chi connectivity index (χ0n) is 15.0. The van der Waals surface area contributed by atoms with E-state index >= 15 is 0 Å². The highest BCUT2D eigenvalue weighted by atomic mass is 35.5. The van der Waals surface area contributed by atoms with Gasteiger partial charge in [0.15, 0.2) is 0 Å². The Bertz CT molecular complexity index is 780. The summed E-state index contributed by atoms with van der Waals surface area (Å²) in [5.74, 6) is -0.0611. The molecule has 2 amide bonds. The van der Waals surface area contributed by atoms with E-state index < -0.39 is 0 Å². The molecule has 2 aromatic carbocycles. The first kappa shape index (κ1) is 19.9. The Labute approximate surface area is 160 Å². The van der Waals surface area contributed by atoms with E-state index in [-0.39, 0.29) is 36.2 Å². The van der Waals surface area contributed by atoms with E-state index in [9.17, 15) is 9.59 Å². The van der Waals surface area contributed by atoms with Gasteiger partial charge in [-0.2, -0.15) is 0 Å². The van der Waals surface area contributed by atoms with E-state index in [1.54, 1.807) is 43.3 Å². The number of nitrogens with zero attached hydrogens (tertiary/aromatic N) is 2. The maximum atomic E-state index is 12.9. The second kappa shape index (κ2) is 8.34. The molecule has 1 aliphatic rings. The van der Waals surface area contributed by atoms with Crippen molar-refractivity contribution in [3.8, 4) is 0 Å². The van der Waals surface area contributed by atoms with Crippen molar-refractivity contribution in [2.45, 2.75) is 12.0 Å². The highest BCUT2D eigenvalue weighted by Crippen LogP contribution is 2.27. The van der Waals surface area contributed by atoms with Crippen LogP contribution in [0, 0.1) is 0 Å². The van der Waals surface area contributed by atoms with Crippen molar-refractivity contribution in [3.05, 3.63) is 71.3 Å². The van der Waals surface area contributed by atoms with Crippen LogP contribution in [0.5, 0.6) is 0 Å². The number of amides is 2. The number of benzene rings is 2. The lowest BCUT2D eigenvalue weighted by Gasteiger charge is -2.17. The van der Waals surface area contributed by atoms with Crippen LogP contribution in [0.25, 0.3) is 0 Å². The van der Waals surface area contributed by atoms with Gasteiger partial charge in [0, 0.05) is 50.3 Å². The minimum Gasteiger partial charge on any atom is -0.345 e. The molecule has 2 N–H and O–H groups in total. The second-order valence-corrected chi connectivity index (χ2v) is 6.67. The Morgan fingerprint density at radius 3 is 2.31 bits per heavy atom. The molecule has 0 radical (unpaired) electrons. The Balaban J connectivity index is 0.00000243. The van der Waals surface area contributed by atoms with Gasteiger partial charge in [-0.3, -0.25) is 9.59 Å². The van der Waals surface area contributed by atoms with Crippen LogP contribution in [-0.2, 0) is 0 Å². The van der Waals surface area contributed by atoms with Gasteiger partial charge in [-0.15, -0.1) is 12.4 Å². The second-order valence-electron chi connectivity index (χ2n) is 6.67. The summed E-state index contributed by atoms with van der Waals surface area (Å²) in [7, 11) is 3.39. The summed E-state index contributed by atoms with van der Waals surface area (Å²) in [5.41, 5.74) is 8.47. The molecule has 1 fully saturated rings. The summed E-state index contributed by atoms with van der Waals surface area (Å²) in [6, 6.07) is 16.8. The van der Waals surface area contributed by atoms with E-state index in [2.05, 4.69) is 12.1 Å². The molecule has 6 heteroatoms. The summed E-state index contributed by atoms with van der Waals surface area (Å²) < 4.78 is 0. The summed E-state index contributed by atoms with van der Waals surface area (Å²) in [6.07, 6.45) is 0. The van der Waals surface area contributed by atoms with Crippen molar-refractivity contribution in [2.24, 2.45) is 5.73 Å². The fourth-order valence-electron chi connectivity index (χ4n) is 3.27. The van der Waals surface area contributed by atoms with Crippen LogP contribution in [0.3, 0.4) is 0 Å². The monoisotopic (exact) mass is 373 g/mol. The molecule has 0 saturated carbocycles. The molecule has 1 aliphatic heterocycles. The van der Waals surface area contributed by atoms with E-state index in [0.717, 1.165) is 5.56 Å². The molecule has 2 aromatic rings. The first-order valence-corrected chi connectivity index (χ1v) is 8.39. The van der Waals surface area contributed by atoms with Gasteiger partial charge in [0.1, 0.15) is 0 Å². The van der Waals surface area contributed by atoms with Gasteiger partial charge in [-0.25, -0.2) is 0 Å². The number of halogens is 1. The van der Waals surface area contributed by atoms with Gasteiger partial charge < -0.3 is 15.5 Å². The average molecular weight is 374 g/mol. The zero-order valence-corrected chi connectivity index (χ0v) is 15.8. The zero-order chi connectivity index (χ0) is 18.0. The number of carbonyl (C=O) groups is 2. The predicted molar refractivity (Wildman–Crippen MR) is 105 cm³/mol. The molecule has 3 rings (SSSR count). The number of hydrogen-bond donors (Lipinski definition) is 1. The third-order valence-electron chi connectivity index (χ3n) is 4.64. The minimum atomic E-state index is -0.116. The minimum absolute atomic E-state index is 0. The van der Waals surface area contributed by atoms with Gasteiger partial charge in [0.25, 0.3) is 11.8 Å². The van der Waals surface area contributed by atoms with Crippen molar-refractivity contribution < 1.29 is 9.59 Å². The third-order valence-corrected chi connectivity index (χ3v) is 4.64. The summed E-state index contributed by atoms with van der Waals surface area (Å²) >= 11 is 0. The lowest BCUT2D eigenvalue weighted by molar-refractivity contribution is 0.0789. The van der Waals surface area contributed by atoms with Crippen molar-refractivity contribution in [3.63, 3.8) is 0 Å². The summed E-state index contributed by atoms with van der Waals surface area (Å²) in [4.78, 5) is 28.3. The van der Waals surface area contributed by atoms with Crippen LogP contribution < -0.4 is 5.73 Å². The van der Waals surface area contributed by atoms with Crippen molar-refractivity contribution in [2.75, 3.05) is 27.2 Å². The maximum absolute atomic E-state index is 12.9. The Hall–Kier alpha value is -2.37. The maximum Gasteiger partial charge on any atom is 0.253 e. The Morgan fingerprint density at radius 2 is 1.65 bits per heavy atom. The molecular weight excluding hydrogens is 350 g/mol. The normalized spacial score (nSPS) is 19.0. The number of rotatable bonds is 3. The molecule has 1 saturated heterocycles. The fraction of sp³-hybridized carbons (Fsp3) is 0.300. The molecular formula is C20H24ClN3O2. The van der Waals surface area contributed by atoms with Gasteiger partial charge in [-0.1, -0.05) is 36.4 Å². The molecule has 1 heterocycles. The van der Waals surface area contributed by atoms with Crippen LogP contribution in [0.1, 0.15) is 32.2 Å². The third kappa shape index (κ3) is 4.06. The first-order valence-electron chi connectivity index (χ1n) is 8.39. The van der Waals surface area contributed by atoms with E-state index in [4.69, 9.17) is 5.73 Å². The fourth-order valence-corrected chi connectivity index (χ4v) is 3.27. The predicted octanol–water partition coefficient (Wildman–Crippen LogP) is 2.38. The van der Waals surface area contributed by atoms with Crippen molar-refractivity contribution >= 4 is 24.2 Å². The highest BCUT2D eigenvalue weighted by molar-refractivity contribution is 5.99. The molecule has 0 aromatic heterocycles. The number of carbonyl (C=O) groups excluding carboxylic acids is 2. The Kier molecular flexibility index (Phi) is 6.40. The summed E-state index contributed by atoms with van der Waals surface area (Å²) in [5, 5.41) is 0. The van der Waals surface area contributed by atoms with E-state index in [1.165, 1.54) is 4.90 Å². The van der Waals surface area contributed by atoms with Crippen molar-refractivity contribution in [1.29, 1.82) is 0 Å². The highest BCUT2D eigenvalue weighted by Gasteiger charge is 2.34. The molecule has 2 atom stereocenters. The molecule has 5 nitrogen and oxygen atoms in total. The topological polar surface area (TPSA) is 66.6 Å². The van der Waals surface area contributed by atoms with Gasteiger partial charge >= 0.3 is 0 Å². The van der Waals surface area contributed by atoms with E-state index in [0.29, 0.717) is 24.2 Å². The SMILES string of the molecule is CN(C)C(=O)c1cccc(C(=O)N2C[C@@H](N)[C@H](c3ccccc3)C2)c1.Cl. The smallest absolute Gasteiger partial charge is 0.253 e. The lowest BCUT2D eigenvalue weighted by atomic mass is 9.95. The quantitative estimate of drug-likeness (QED) is 0.898. The van der Waals surface area contributed by atoms with E-state index in [1.807, 2.05) is 18.2 Å². The molecule has 0 spiro atoms. The largest absolute Gasteiger partial charge is 0.345 e. The van der Waals surface area contributed by atoms with Crippen LogP contribution in [-0.4, -0.2) is 54.8 Å². The molecule has 138 valence electrons. The van der Waals surface area contributed by atoms with Gasteiger partial charge in [0.05, 0.1) is 0 Å². The number of likely N-dealkylation sites (tertiary alicyclic amines) is 1. The number of nitrogens with two attached hydrogens (primary N) is 1. The lowest BCUT2D eigenvalue weighted by Crippen LogP contribution is -2.32. The molecule has 26 heavy (non-hydrogen) atoms. The van der Waals surface area contributed by atoms with Crippen LogP contribution >= 0.6 is 12.4 Å². The number of hydrogen-bond acceptors (Lipinski definition) is 3.